The summed E-state index contributed by atoms with van der Waals surface area (Å²) in [4.78, 5) is 13.7. The van der Waals surface area contributed by atoms with E-state index in [1.54, 1.807) is 32.9 Å². The molecule has 0 bridgehead atoms. The van der Waals surface area contributed by atoms with Crippen molar-refractivity contribution in [1.82, 2.24) is 0 Å². The molecule has 8 heteroatoms. The highest BCUT2D eigenvalue weighted by molar-refractivity contribution is 6.21. The van der Waals surface area contributed by atoms with E-state index in [1.807, 2.05) is 6.92 Å². The largest absolute Gasteiger partial charge is 0.507 e. The van der Waals surface area contributed by atoms with Gasteiger partial charge in [-0.3, -0.25) is 4.79 Å². The predicted molar refractivity (Wildman–Crippen MR) is 128 cm³/mol. The molecular formula is C25H29ClO7. The van der Waals surface area contributed by atoms with Gasteiger partial charge in [-0.15, -0.1) is 11.6 Å². The summed E-state index contributed by atoms with van der Waals surface area (Å²) >= 11 is 6.38. The summed E-state index contributed by atoms with van der Waals surface area (Å²) in [7, 11) is 0. The van der Waals surface area contributed by atoms with Crippen molar-refractivity contribution >= 4 is 33.5 Å². The number of hydrogen-bond donors (Lipinski definition) is 3. The molecule has 0 saturated carbocycles. The summed E-state index contributed by atoms with van der Waals surface area (Å²) in [6, 6.07) is 4.75. The molecule has 3 aromatic rings. The summed E-state index contributed by atoms with van der Waals surface area (Å²) in [5.41, 5.74) is 1.28. The zero-order chi connectivity index (χ0) is 23.5. The van der Waals surface area contributed by atoms with Crippen LogP contribution in [-0.2, 0) is 6.42 Å². The molecule has 3 atom stereocenters. The van der Waals surface area contributed by atoms with Gasteiger partial charge < -0.3 is 29.9 Å². The Balaban J connectivity index is 0.00000306. The lowest BCUT2D eigenvalue weighted by atomic mass is 9.85. The van der Waals surface area contributed by atoms with Crippen molar-refractivity contribution in [2.75, 3.05) is 6.61 Å². The van der Waals surface area contributed by atoms with E-state index in [9.17, 15) is 20.1 Å². The van der Waals surface area contributed by atoms with Gasteiger partial charge in [-0.1, -0.05) is 18.2 Å². The SMILES string of the molecule is C=C(C)[C@H]1COc2c(C)cc3oc4c(C[C@H](Cl)C(C)(C)O)ccc(O)c4c(=O)c3c2[C@@H]1O.O. The summed E-state index contributed by atoms with van der Waals surface area (Å²) in [6.45, 7) is 11.0. The van der Waals surface area contributed by atoms with Gasteiger partial charge in [0.1, 0.15) is 28.1 Å². The van der Waals surface area contributed by atoms with Gasteiger partial charge in [0.15, 0.2) is 0 Å². The fourth-order valence-corrected chi connectivity index (χ4v) is 4.41. The number of rotatable bonds is 4. The summed E-state index contributed by atoms with van der Waals surface area (Å²) < 4.78 is 12.1. The molecule has 2 aromatic carbocycles. The van der Waals surface area contributed by atoms with Gasteiger partial charge in [0.2, 0.25) is 5.43 Å². The van der Waals surface area contributed by atoms with Crippen molar-refractivity contribution < 1.29 is 29.9 Å². The fraction of sp³-hybridized carbons (Fsp3) is 0.400. The molecule has 7 nitrogen and oxygen atoms in total. The molecule has 2 heterocycles. The molecule has 33 heavy (non-hydrogen) atoms. The van der Waals surface area contributed by atoms with Crippen LogP contribution in [0.5, 0.6) is 11.5 Å². The Morgan fingerprint density at radius 1 is 1.33 bits per heavy atom. The minimum Gasteiger partial charge on any atom is -0.507 e. The Morgan fingerprint density at radius 2 is 2.00 bits per heavy atom. The van der Waals surface area contributed by atoms with E-state index < -0.39 is 22.5 Å². The number of halogens is 1. The second-order valence-electron chi connectivity index (χ2n) is 9.22. The van der Waals surface area contributed by atoms with Crippen LogP contribution in [0.25, 0.3) is 21.9 Å². The van der Waals surface area contributed by atoms with Crippen LogP contribution in [0, 0.1) is 12.8 Å². The topological polar surface area (TPSA) is 132 Å². The van der Waals surface area contributed by atoms with E-state index >= 15 is 0 Å². The van der Waals surface area contributed by atoms with Crippen LogP contribution in [0.2, 0.25) is 0 Å². The third kappa shape index (κ3) is 4.10. The highest BCUT2D eigenvalue weighted by Crippen LogP contribution is 2.44. The van der Waals surface area contributed by atoms with Crippen LogP contribution in [0.15, 0.2) is 39.6 Å². The maximum absolute atomic E-state index is 13.7. The maximum Gasteiger partial charge on any atom is 0.204 e. The Labute approximate surface area is 196 Å². The number of aromatic hydroxyl groups is 1. The minimum absolute atomic E-state index is 0. The number of phenols is 1. The molecule has 1 aromatic heterocycles. The number of fused-ring (bicyclic) bond motifs is 4. The molecule has 0 radical (unpaired) electrons. The number of aryl methyl sites for hydroxylation is 1. The highest BCUT2D eigenvalue weighted by atomic mass is 35.5. The maximum atomic E-state index is 13.7. The average molecular weight is 477 g/mol. The first-order valence-electron chi connectivity index (χ1n) is 10.5. The van der Waals surface area contributed by atoms with E-state index in [1.165, 1.54) is 6.07 Å². The van der Waals surface area contributed by atoms with Crippen molar-refractivity contribution in [3.8, 4) is 11.5 Å². The molecule has 0 unspecified atom stereocenters. The molecular weight excluding hydrogens is 448 g/mol. The van der Waals surface area contributed by atoms with E-state index in [0.29, 0.717) is 16.9 Å². The normalized spacial score (nSPS) is 19.0. The first-order valence-corrected chi connectivity index (χ1v) is 10.9. The molecule has 0 spiro atoms. The first-order chi connectivity index (χ1) is 14.9. The van der Waals surface area contributed by atoms with E-state index in [0.717, 1.165) is 11.1 Å². The van der Waals surface area contributed by atoms with Crippen LogP contribution in [0.4, 0.5) is 0 Å². The van der Waals surface area contributed by atoms with E-state index in [-0.39, 0.29) is 52.1 Å². The molecule has 4 rings (SSSR count). The number of ether oxygens (including phenoxy) is 1. The van der Waals surface area contributed by atoms with Gasteiger partial charge >= 0.3 is 0 Å². The number of alkyl halides is 1. The number of hydrogen-bond acceptors (Lipinski definition) is 6. The fourth-order valence-electron chi connectivity index (χ4n) is 4.25. The van der Waals surface area contributed by atoms with Crippen LogP contribution < -0.4 is 10.2 Å². The van der Waals surface area contributed by atoms with Crippen molar-refractivity contribution in [3.05, 3.63) is 57.3 Å². The third-order valence-electron chi connectivity index (χ3n) is 6.23. The van der Waals surface area contributed by atoms with Crippen molar-refractivity contribution in [2.45, 2.75) is 51.2 Å². The number of benzene rings is 2. The van der Waals surface area contributed by atoms with Crippen molar-refractivity contribution in [2.24, 2.45) is 5.92 Å². The first kappa shape index (κ1) is 25.1. The predicted octanol–water partition coefficient (Wildman–Crippen LogP) is 3.67. The number of phenolic OH excluding ortho intramolecular Hbond substituents is 1. The van der Waals surface area contributed by atoms with Crippen LogP contribution >= 0.6 is 11.6 Å². The lowest BCUT2D eigenvalue weighted by Gasteiger charge is -2.32. The molecule has 0 amide bonds. The molecule has 0 fully saturated rings. The zero-order valence-electron chi connectivity index (χ0n) is 19.0. The molecule has 1 aliphatic heterocycles. The molecule has 5 N–H and O–H groups in total. The van der Waals surface area contributed by atoms with Gasteiger partial charge in [0, 0.05) is 11.5 Å². The zero-order valence-corrected chi connectivity index (χ0v) is 19.8. The summed E-state index contributed by atoms with van der Waals surface area (Å²) in [5, 5.41) is 31.4. The summed E-state index contributed by atoms with van der Waals surface area (Å²) in [5.74, 6) is -0.148. The lowest BCUT2D eigenvalue weighted by molar-refractivity contribution is 0.0701. The monoisotopic (exact) mass is 476 g/mol. The second-order valence-corrected chi connectivity index (χ2v) is 9.75. The molecule has 0 saturated heterocycles. The number of aliphatic hydroxyl groups is 2. The van der Waals surface area contributed by atoms with Gasteiger partial charge in [-0.05, 0) is 57.4 Å². The van der Waals surface area contributed by atoms with Gasteiger partial charge in [0.25, 0.3) is 0 Å². The smallest absolute Gasteiger partial charge is 0.204 e. The van der Waals surface area contributed by atoms with Crippen LogP contribution in [0.3, 0.4) is 0 Å². The molecule has 1 aliphatic rings. The Kier molecular flexibility index (Phi) is 6.56. The Morgan fingerprint density at radius 3 is 2.61 bits per heavy atom. The van der Waals surface area contributed by atoms with Crippen molar-refractivity contribution in [3.63, 3.8) is 0 Å². The standard InChI is InChI=1S/C25H27ClO6.H2O/c1-11(2)14-10-31-23-12(3)8-16-19(20(23)21(14)28)22(29)18-15(27)7-6-13(24(18)32-16)9-17(26)25(4,5)30;/h6-8,14,17,21,27-28,30H,1,9-10H2,2-5H3;1H2/t14-,17+,21-;/m1./s1. The third-order valence-corrected chi connectivity index (χ3v) is 6.92. The van der Waals surface area contributed by atoms with Gasteiger partial charge in [0.05, 0.1) is 29.1 Å². The Hall–Kier alpha value is -2.58. The Bertz CT molecular complexity index is 1300. The molecule has 0 aliphatic carbocycles. The number of aliphatic hydroxyl groups excluding tert-OH is 1. The van der Waals surface area contributed by atoms with Crippen LogP contribution in [-0.4, -0.2) is 38.4 Å². The van der Waals surface area contributed by atoms with Gasteiger partial charge in [-0.25, -0.2) is 0 Å². The van der Waals surface area contributed by atoms with E-state index in [4.69, 9.17) is 20.8 Å². The quantitative estimate of drug-likeness (QED) is 0.299. The summed E-state index contributed by atoms with van der Waals surface area (Å²) in [6.07, 6.45) is -0.768. The average Bonchev–Trinajstić information content (AvgIpc) is 2.69. The molecule has 178 valence electrons. The minimum atomic E-state index is -1.16. The van der Waals surface area contributed by atoms with Gasteiger partial charge in [-0.2, -0.15) is 0 Å². The van der Waals surface area contributed by atoms with E-state index in [2.05, 4.69) is 6.58 Å². The van der Waals surface area contributed by atoms with Crippen molar-refractivity contribution in [1.29, 1.82) is 0 Å². The second kappa shape index (κ2) is 8.65. The highest BCUT2D eigenvalue weighted by Gasteiger charge is 2.35. The van der Waals surface area contributed by atoms with Crippen LogP contribution in [0.1, 0.15) is 43.6 Å². The lowest BCUT2D eigenvalue weighted by Crippen LogP contribution is -2.33.